The van der Waals surface area contributed by atoms with Gasteiger partial charge in [0.1, 0.15) is 5.82 Å². The first kappa shape index (κ1) is 10.2. The summed E-state index contributed by atoms with van der Waals surface area (Å²) in [5, 5.41) is 4.07. The summed E-state index contributed by atoms with van der Waals surface area (Å²) < 4.78 is 15.7. The Morgan fingerprint density at radius 2 is 2.20 bits per heavy atom. The van der Waals surface area contributed by atoms with Crippen LogP contribution in [0.2, 0.25) is 0 Å². The van der Waals surface area contributed by atoms with E-state index in [1.165, 1.54) is 6.07 Å². The fourth-order valence-corrected chi connectivity index (χ4v) is 2.02. The van der Waals surface area contributed by atoms with Crippen LogP contribution in [-0.4, -0.2) is 11.6 Å². The SMILES string of the molecule is CCn1c(CNC)cc2cccc(F)c21. The molecule has 0 amide bonds. The summed E-state index contributed by atoms with van der Waals surface area (Å²) in [5.41, 5.74) is 1.84. The number of para-hydroxylation sites is 1. The second-order valence-corrected chi connectivity index (χ2v) is 3.59. The molecule has 1 heterocycles. The van der Waals surface area contributed by atoms with Crippen molar-refractivity contribution < 1.29 is 4.39 Å². The second kappa shape index (κ2) is 4.03. The number of aromatic nitrogens is 1. The van der Waals surface area contributed by atoms with Crippen molar-refractivity contribution in [2.24, 2.45) is 0 Å². The van der Waals surface area contributed by atoms with Gasteiger partial charge in [-0.2, -0.15) is 0 Å². The summed E-state index contributed by atoms with van der Waals surface area (Å²) >= 11 is 0. The van der Waals surface area contributed by atoms with Gasteiger partial charge in [0.2, 0.25) is 0 Å². The van der Waals surface area contributed by atoms with Gasteiger partial charge < -0.3 is 9.88 Å². The second-order valence-electron chi connectivity index (χ2n) is 3.59. The van der Waals surface area contributed by atoms with Crippen LogP contribution in [0.3, 0.4) is 0 Å². The Morgan fingerprint density at radius 3 is 2.87 bits per heavy atom. The third-order valence-electron chi connectivity index (χ3n) is 2.63. The fraction of sp³-hybridized carbons (Fsp3) is 0.333. The molecule has 15 heavy (non-hydrogen) atoms. The molecule has 0 aliphatic heterocycles. The van der Waals surface area contributed by atoms with E-state index in [4.69, 9.17) is 0 Å². The normalized spacial score (nSPS) is 11.1. The van der Waals surface area contributed by atoms with E-state index in [-0.39, 0.29) is 5.82 Å². The van der Waals surface area contributed by atoms with Crippen molar-refractivity contribution in [1.82, 2.24) is 9.88 Å². The monoisotopic (exact) mass is 206 g/mol. The largest absolute Gasteiger partial charge is 0.341 e. The van der Waals surface area contributed by atoms with E-state index in [0.29, 0.717) is 5.52 Å². The minimum atomic E-state index is -0.142. The lowest BCUT2D eigenvalue weighted by atomic mass is 10.2. The molecular formula is C12H15FN2. The summed E-state index contributed by atoms with van der Waals surface area (Å²) in [6, 6.07) is 7.25. The van der Waals surface area contributed by atoms with Gasteiger partial charge in [0, 0.05) is 24.2 Å². The first-order valence-electron chi connectivity index (χ1n) is 5.19. The number of benzene rings is 1. The van der Waals surface area contributed by atoms with E-state index < -0.39 is 0 Å². The van der Waals surface area contributed by atoms with Crippen molar-refractivity contribution >= 4 is 10.9 Å². The molecule has 2 aromatic rings. The Balaban J connectivity index is 2.68. The summed E-state index contributed by atoms with van der Waals surface area (Å²) in [6.45, 7) is 3.59. The minimum absolute atomic E-state index is 0.142. The number of rotatable bonds is 3. The third-order valence-corrected chi connectivity index (χ3v) is 2.63. The molecule has 2 nitrogen and oxygen atoms in total. The van der Waals surface area contributed by atoms with Gasteiger partial charge in [0.05, 0.1) is 5.52 Å². The molecule has 0 saturated carbocycles. The van der Waals surface area contributed by atoms with Gasteiger partial charge in [-0.3, -0.25) is 0 Å². The van der Waals surface area contributed by atoms with Gasteiger partial charge in [0.15, 0.2) is 0 Å². The fourth-order valence-electron chi connectivity index (χ4n) is 2.02. The maximum atomic E-state index is 13.6. The Morgan fingerprint density at radius 1 is 1.40 bits per heavy atom. The zero-order valence-corrected chi connectivity index (χ0v) is 9.05. The maximum Gasteiger partial charge on any atom is 0.147 e. The summed E-state index contributed by atoms with van der Waals surface area (Å²) in [4.78, 5) is 0. The smallest absolute Gasteiger partial charge is 0.147 e. The van der Waals surface area contributed by atoms with Gasteiger partial charge >= 0.3 is 0 Å². The zero-order chi connectivity index (χ0) is 10.8. The molecular weight excluding hydrogens is 191 g/mol. The molecule has 0 radical (unpaired) electrons. The number of hydrogen-bond donors (Lipinski definition) is 1. The van der Waals surface area contributed by atoms with Gasteiger partial charge in [0.25, 0.3) is 0 Å². The predicted molar refractivity (Wildman–Crippen MR) is 60.3 cm³/mol. The maximum absolute atomic E-state index is 13.6. The number of fused-ring (bicyclic) bond motifs is 1. The first-order chi connectivity index (χ1) is 7.27. The highest BCUT2D eigenvalue weighted by molar-refractivity contribution is 5.81. The van der Waals surface area contributed by atoms with E-state index in [2.05, 4.69) is 5.32 Å². The van der Waals surface area contributed by atoms with Crippen molar-refractivity contribution in [2.75, 3.05) is 7.05 Å². The van der Waals surface area contributed by atoms with Gasteiger partial charge in [-0.15, -0.1) is 0 Å². The molecule has 0 bridgehead atoms. The number of hydrogen-bond acceptors (Lipinski definition) is 1. The third kappa shape index (κ3) is 1.63. The zero-order valence-electron chi connectivity index (χ0n) is 9.05. The standard InChI is InChI=1S/C12H15FN2/c1-3-15-10(8-14-2)7-9-5-4-6-11(13)12(9)15/h4-7,14H,3,8H2,1-2H3. The molecule has 0 saturated heterocycles. The molecule has 0 aliphatic rings. The topological polar surface area (TPSA) is 17.0 Å². The van der Waals surface area contributed by atoms with E-state index in [9.17, 15) is 4.39 Å². The molecule has 0 spiro atoms. The highest BCUT2D eigenvalue weighted by Crippen LogP contribution is 2.22. The van der Waals surface area contributed by atoms with Crippen molar-refractivity contribution in [3.63, 3.8) is 0 Å². The van der Waals surface area contributed by atoms with Crippen molar-refractivity contribution in [3.8, 4) is 0 Å². The van der Waals surface area contributed by atoms with Crippen LogP contribution in [0, 0.1) is 5.82 Å². The van der Waals surface area contributed by atoms with Gasteiger partial charge in [-0.1, -0.05) is 12.1 Å². The summed E-state index contributed by atoms with van der Waals surface area (Å²) in [6.07, 6.45) is 0. The predicted octanol–water partition coefficient (Wildman–Crippen LogP) is 2.52. The molecule has 0 atom stereocenters. The molecule has 0 fully saturated rings. The molecule has 1 aromatic carbocycles. The Labute approximate surface area is 88.7 Å². The lowest BCUT2D eigenvalue weighted by Gasteiger charge is -2.07. The van der Waals surface area contributed by atoms with E-state index in [1.54, 1.807) is 6.07 Å². The van der Waals surface area contributed by atoms with Crippen LogP contribution in [0.4, 0.5) is 4.39 Å². The minimum Gasteiger partial charge on any atom is -0.341 e. The Hall–Kier alpha value is -1.35. The van der Waals surface area contributed by atoms with Crippen LogP contribution < -0.4 is 5.32 Å². The first-order valence-corrected chi connectivity index (χ1v) is 5.19. The van der Waals surface area contributed by atoms with Gasteiger partial charge in [-0.05, 0) is 26.1 Å². The average Bonchev–Trinajstić information content (AvgIpc) is 2.57. The molecule has 1 N–H and O–H groups in total. The van der Waals surface area contributed by atoms with E-state index >= 15 is 0 Å². The lowest BCUT2D eigenvalue weighted by Crippen LogP contribution is -2.10. The molecule has 3 heteroatoms. The van der Waals surface area contributed by atoms with Crippen LogP contribution in [0.1, 0.15) is 12.6 Å². The number of nitrogens with one attached hydrogen (secondary N) is 1. The molecule has 0 aliphatic carbocycles. The molecule has 80 valence electrons. The lowest BCUT2D eigenvalue weighted by molar-refractivity contribution is 0.618. The number of aryl methyl sites for hydroxylation is 1. The van der Waals surface area contributed by atoms with Gasteiger partial charge in [-0.25, -0.2) is 4.39 Å². The average molecular weight is 206 g/mol. The van der Waals surface area contributed by atoms with Crippen LogP contribution in [0.15, 0.2) is 24.3 Å². The van der Waals surface area contributed by atoms with Crippen molar-refractivity contribution in [3.05, 3.63) is 35.8 Å². The Kier molecular flexibility index (Phi) is 2.73. The van der Waals surface area contributed by atoms with Crippen molar-refractivity contribution in [2.45, 2.75) is 20.0 Å². The quantitative estimate of drug-likeness (QED) is 0.816. The van der Waals surface area contributed by atoms with Crippen LogP contribution in [0.5, 0.6) is 0 Å². The summed E-state index contributed by atoms with van der Waals surface area (Å²) in [5.74, 6) is -0.142. The molecule has 2 rings (SSSR count). The van der Waals surface area contributed by atoms with Crippen LogP contribution >= 0.6 is 0 Å². The Bertz CT molecular complexity index is 474. The van der Waals surface area contributed by atoms with E-state index in [0.717, 1.165) is 24.2 Å². The van der Waals surface area contributed by atoms with E-state index in [1.807, 2.05) is 30.7 Å². The molecule has 1 aromatic heterocycles. The highest BCUT2D eigenvalue weighted by Gasteiger charge is 2.09. The van der Waals surface area contributed by atoms with Crippen molar-refractivity contribution in [1.29, 1.82) is 0 Å². The van der Waals surface area contributed by atoms with Crippen LogP contribution in [0.25, 0.3) is 10.9 Å². The highest BCUT2D eigenvalue weighted by atomic mass is 19.1. The molecule has 0 unspecified atom stereocenters. The number of halogens is 1. The van der Waals surface area contributed by atoms with Crippen LogP contribution in [-0.2, 0) is 13.1 Å². The number of nitrogens with zero attached hydrogens (tertiary/aromatic N) is 1. The summed E-state index contributed by atoms with van der Waals surface area (Å²) in [7, 11) is 1.90.